The summed E-state index contributed by atoms with van der Waals surface area (Å²) < 4.78 is 5.85. The van der Waals surface area contributed by atoms with Crippen molar-refractivity contribution in [1.82, 2.24) is 15.6 Å². The number of amides is 3. The molecule has 3 amide bonds. The molecular formula is C21H26N4O4. The molecule has 4 N–H and O–H groups in total. The maximum absolute atomic E-state index is 12.2. The van der Waals surface area contributed by atoms with Crippen LogP contribution in [-0.2, 0) is 16.1 Å². The maximum Gasteiger partial charge on any atom is 0.319 e. The van der Waals surface area contributed by atoms with Crippen LogP contribution in [0.4, 0.5) is 10.5 Å². The molecule has 3 rings (SSSR count). The van der Waals surface area contributed by atoms with Crippen molar-refractivity contribution in [2.75, 3.05) is 11.9 Å². The van der Waals surface area contributed by atoms with Crippen molar-refractivity contribution >= 4 is 17.6 Å². The quantitative estimate of drug-likeness (QED) is 0.568. The van der Waals surface area contributed by atoms with E-state index in [1.807, 2.05) is 36.4 Å². The third-order valence-corrected chi connectivity index (χ3v) is 4.75. The first-order valence-electron chi connectivity index (χ1n) is 9.69. The zero-order valence-corrected chi connectivity index (χ0v) is 16.1. The average molecular weight is 398 g/mol. The van der Waals surface area contributed by atoms with Gasteiger partial charge in [-0.25, -0.2) is 4.79 Å². The van der Waals surface area contributed by atoms with Gasteiger partial charge in [0, 0.05) is 11.9 Å². The predicted octanol–water partition coefficient (Wildman–Crippen LogP) is 1.82. The van der Waals surface area contributed by atoms with E-state index in [0.29, 0.717) is 25.1 Å². The van der Waals surface area contributed by atoms with Crippen LogP contribution >= 0.6 is 0 Å². The molecule has 0 radical (unpaired) electrons. The second-order valence-corrected chi connectivity index (χ2v) is 6.93. The van der Waals surface area contributed by atoms with Gasteiger partial charge in [-0.3, -0.25) is 9.78 Å². The summed E-state index contributed by atoms with van der Waals surface area (Å²) in [6, 6.07) is 14.0. The van der Waals surface area contributed by atoms with Crippen LogP contribution in [0.1, 0.15) is 25.0 Å². The molecule has 0 unspecified atom stereocenters. The molecule has 1 fully saturated rings. The highest BCUT2D eigenvalue weighted by atomic mass is 16.5. The number of para-hydroxylation sites is 1. The smallest absolute Gasteiger partial charge is 0.319 e. The Morgan fingerprint density at radius 2 is 1.90 bits per heavy atom. The highest BCUT2D eigenvalue weighted by Gasteiger charge is 2.32. The molecule has 2 heterocycles. The number of nitrogens with zero attached hydrogens (tertiary/aromatic N) is 1. The van der Waals surface area contributed by atoms with Gasteiger partial charge in [0.1, 0.15) is 6.10 Å². The molecule has 2 aromatic rings. The Morgan fingerprint density at radius 1 is 1.10 bits per heavy atom. The second kappa shape index (κ2) is 10.5. The van der Waals surface area contributed by atoms with E-state index in [1.54, 1.807) is 18.3 Å². The van der Waals surface area contributed by atoms with E-state index in [9.17, 15) is 14.7 Å². The van der Waals surface area contributed by atoms with E-state index in [-0.39, 0.29) is 37.1 Å². The Bertz CT molecular complexity index is 788. The number of anilines is 1. The van der Waals surface area contributed by atoms with Crippen molar-refractivity contribution in [2.45, 2.75) is 44.1 Å². The van der Waals surface area contributed by atoms with Crippen molar-refractivity contribution in [3.05, 3.63) is 60.4 Å². The van der Waals surface area contributed by atoms with Gasteiger partial charge in [0.05, 0.1) is 37.4 Å². The first kappa shape index (κ1) is 20.8. The zero-order chi connectivity index (χ0) is 20.5. The lowest BCUT2D eigenvalue weighted by atomic mass is 9.97. The molecule has 1 saturated heterocycles. The monoisotopic (exact) mass is 398 g/mol. The first-order valence-corrected chi connectivity index (χ1v) is 9.69. The first-order chi connectivity index (χ1) is 14.1. The zero-order valence-electron chi connectivity index (χ0n) is 16.1. The Balaban J connectivity index is 1.43. The summed E-state index contributed by atoms with van der Waals surface area (Å²) >= 11 is 0. The topological polar surface area (TPSA) is 113 Å². The van der Waals surface area contributed by atoms with Gasteiger partial charge in [-0.1, -0.05) is 24.3 Å². The number of carbonyl (C=O) groups is 2. The van der Waals surface area contributed by atoms with E-state index < -0.39 is 6.10 Å². The van der Waals surface area contributed by atoms with Crippen LogP contribution in [0.2, 0.25) is 0 Å². The molecule has 0 saturated carbocycles. The summed E-state index contributed by atoms with van der Waals surface area (Å²) in [6.07, 6.45) is 2.25. The van der Waals surface area contributed by atoms with Gasteiger partial charge >= 0.3 is 6.03 Å². The Kier molecular flexibility index (Phi) is 7.54. The van der Waals surface area contributed by atoms with Crippen molar-refractivity contribution in [1.29, 1.82) is 0 Å². The van der Waals surface area contributed by atoms with Gasteiger partial charge in [-0.15, -0.1) is 0 Å². The lowest BCUT2D eigenvalue weighted by molar-refractivity contribution is -0.130. The van der Waals surface area contributed by atoms with E-state index >= 15 is 0 Å². The molecule has 8 heteroatoms. The molecule has 0 aliphatic carbocycles. The van der Waals surface area contributed by atoms with Crippen molar-refractivity contribution in [2.24, 2.45) is 0 Å². The number of hydrogen-bond acceptors (Lipinski definition) is 5. The number of aliphatic hydroxyl groups is 1. The van der Waals surface area contributed by atoms with Crippen LogP contribution in [0.15, 0.2) is 54.7 Å². The van der Waals surface area contributed by atoms with E-state index in [4.69, 9.17) is 4.74 Å². The van der Waals surface area contributed by atoms with E-state index in [2.05, 4.69) is 20.9 Å². The number of urea groups is 1. The van der Waals surface area contributed by atoms with Crippen LogP contribution in [0.3, 0.4) is 0 Å². The molecule has 154 valence electrons. The van der Waals surface area contributed by atoms with Crippen molar-refractivity contribution in [3.8, 4) is 0 Å². The van der Waals surface area contributed by atoms with Gasteiger partial charge in [0.25, 0.3) is 0 Å². The number of hydrogen-bond donors (Lipinski definition) is 4. The van der Waals surface area contributed by atoms with Gasteiger partial charge in [0.15, 0.2) is 0 Å². The van der Waals surface area contributed by atoms with Crippen LogP contribution in [0.5, 0.6) is 0 Å². The third-order valence-electron chi connectivity index (χ3n) is 4.75. The normalized spacial score (nSPS) is 21.2. The molecule has 1 aliphatic heterocycles. The van der Waals surface area contributed by atoms with Gasteiger partial charge in [-0.2, -0.15) is 0 Å². The predicted molar refractivity (Wildman–Crippen MR) is 108 cm³/mol. The van der Waals surface area contributed by atoms with Crippen LogP contribution in [-0.4, -0.2) is 46.9 Å². The minimum atomic E-state index is -0.557. The number of ether oxygens (including phenoxy) is 1. The fourth-order valence-corrected chi connectivity index (χ4v) is 3.27. The van der Waals surface area contributed by atoms with E-state index in [1.165, 1.54) is 0 Å². The fraction of sp³-hybridized carbons (Fsp3) is 0.381. The minimum Gasteiger partial charge on any atom is -0.394 e. The summed E-state index contributed by atoms with van der Waals surface area (Å²) in [4.78, 5) is 28.5. The number of rotatable bonds is 7. The lowest BCUT2D eigenvalue weighted by Crippen LogP contribution is -2.52. The van der Waals surface area contributed by atoms with Gasteiger partial charge < -0.3 is 25.8 Å². The molecule has 1 aromatic heterocycles. The highest BCUT2D eigenvalue weighted by molar-refractivity contribution is 5.89. The number of nitrogens with one attached hydrogen (secondary N) is 3. The number of carbonyl (C=O) groups excluding carboxylic acids is 2. The Hall–Kier alpha value is -2.97. The third kappa shape index (κ3) is 6.55. The van der Waals surface area contributed by atoms with Crippen LogP contribution < -0.4 is 16.0 Å². The Morgan fingerprint density at radius 3 is 2.62 bits per heavy atom. The fourth-order valence-electron chi connectivity index (χ4n) is 3.27. The summed E-state index contributed by atoms with van der Waals surface area (Å²) in [6.45, 7) is 0.127. The number of pyridine rings is 1. The molecule has 8 nitrogen and oxygen atoms in total. The molecule has 0 spiro atoms. The molecule has 1 aromatic carbocycles. The van der Waals surface area contributed by atoms with Gasteiger partial charge in [0.2, 0.25) is 5.91 Å². The average Bonchev–Trinajstić information content (AvgIpc) is 2.74. The van der Waals surface area contributed by atoms with Crippen molar-refractivity contribution in [3.63, 3.8) is 0 Å². The highest BCUT2D eigenvalue weighted by Crippen LogP contribution is 2.22. The van der Waals surface area contributed by atoms with Gasteiger partial charge in [-0.05, 0) is 37.1 Å². The summed E-state index contributed by atoms with van der Waals surface area (Å²) in [5, 5.41) is 18.1. The molecule has 3 atom stereocenters. The van der Waals surface area contributed by atoms with E-state index in [0.717, 1.165) is 5.69 Å². The molecular weight excluding hydrogens is 372 g/mol. The van der Waals surface area contributed by atoms with Crippen LogP contribution in [0.25, 0.3) is 0 Å². The number of benzene rings is 1. The number of aromatic nitrogens is 1. The summed E-state index contributed by atoms with van der Waals surface area (Å²) in [5.74, 6) is -0.134. The Labute approximate surface area is 169 Å². The maximum atomic E-state index is 12.2. The summed E-state index contributed by atoms with van der Waals surface area (Å²) in [7, 11) is 0. The van der Waals surface area contributed by atoms with Crippen molar-refractivity contribution < 1.29 is 19.4 Å². The lowest BCUT2D eigenvalue weighted by Gasteiger charge is -2.35. The molecule has 0 bridgehead atoms. The summed E-state index contributed by atoms with van der Waals surface area (Å²) in [5.41, 5.74) is 1.47. The largest absolute Gasteiger partial charge is 0.394 e. The standard InChI is InChI=1S/C21H26N4O4/c26-14-19-18(25-21(28)24-15-6-2-1-3-7-15)10-9-17(29-19)12-20(27)23-13-16-8-4-5-11-22-16/h1-8,11,17-19,26H,9-10,12-14H2,(H,23,27)(H2,24,25,28)/t17-,18-,19-/m1/s1. The van der Waals surface area contributed by atoms with Crippen LogP contribution in [0, 0.1) is 0 Å². The molecule has 29 heavy (non-hydrogen) atoms. The SMILES string of the molecule is O=C(C[C@H]1CC[C@@H](NC(=O)Nc2ccccc2)[C@@H](CO)O1)NCc1ccccn1. The second-order valence-electron chi connectivity index (χ2n) is 6.93. The molecule has 1 aliphatic rings. The number of aliphatic hydroxyl groups excluding tert-OH is 1. The minimum absolute atomic E-state index is 0.134.